The smallest absolute Gasteiger partial charge is 0.245 e. The number of carbonyl (C=O) groups is 2. The van der Waals surface area contributed by atoms with Gasteiger partial charge in [0.15, 0.2) is 0 Å². The first-order chi connectivity index (χ1) is 22.0. The number of carbonyl (C=O) groups excluding carboxylic acids is 2. The van der Waals surface area contributed by atoms with Crippen molar-refractivity contribution in [3.8, 4) is 0 Å². The molecule has 2 N–H and O–H groups in total. The highest BCUT2D eigenvalue weighted by Crippen LogP contribution is 2.27. The summed E-state index contributed by atoms with van der Waals surface area (Å²) < 4.78 is 41.3. The van der Waals surface area contributed by atoms with Gasteiger partial charge in [-0.2, -0.15) is 0 Å². The summed E-state index contributed by atoms with van der Waals surface area (Å²) in [6.45, 7) is 4.19. The predicted octanol–water partition coefficient (Wildman–Crippen LogP) is 3.39. The molecule has 3 unspecified atom stereocenters. The number of amides is 2. The fraction of sp³-hybridized carbons (Fsp3) is 0.412. The fourth-order valence-corrected chi connectivity index (χ4v) is 7.30. The average molecular weight is 670 g/mol. The summed E-state index contributed by atoms with van der Waals surface area (Å²) >= 11 is 6.10. The molecule has 246 valence electrons. The zero-order valence-corrected chi connectivity index (χ0v) is 27.7. The zero-order valence-electron chi connectivity index (χ0n) is 26.2. The van der Waals surface area contributed by atoms with Gasteiger partial charge in [-0.25, -0.2) is 17.1 Å². The molecule has 0 spiro atoms. The summed E-state index contributed by atoms with van der Waals surface area (Å²) in [7, 11) is -3.51. The molecule has 12 heteroatoms. The van der Waals surface area contributed by atoms with Crippen LogP contribution in [0.4, 0.5) is 4.39 Å². The third-order valence-electron chi connectivity index (χ3n) is 8.89. The predicted molar refractivity (Wildman–Crippen MR) is 177 cm³/mol. The van der Waals surface area contributed by atoms with Crippen LogP contribution in [0, 0.1) is 5.82 Å². The summed E-state index contributed by atoms with van der Waals surface area (Å²) in [5, 5.41) is 6.92. The van der Waals surface area contributed by atoms with E-state index in [1.165, 1.54) is 10.4 Å². The minimum atomic E-state index is -3.51. The maximum absolute atomic E-state index is 15.0. The molecule has 3 aromatic carbocycles. The Bertz CT molecular complexity index is 1630. The fourth-order valence-electron chi connectivity index (χ4n) is 6.29. The number of fused-ring (bicyclic) bond motifs is 1. The van der Waals surface area contributed by atoms with Crippen molar-refractivity contribution in [3.05, 3.63) is 106 Å². The minimum absolute atomic E-state index is 0.0942. The van der Waals surface area contributed by atoms with E-state index in [0.717, 1.165) is 22.9 Å². The van der Waals surface area contributed by atoms with Gasteiger partial charge in [-0.05, 0) is 41.3 Å². The lowest BCUT2D eigenvalue weighted by Gasteiger charge is -2.41. The van der Waals surface area contributed by atoms with E-state index in [1.54, 1.807) is 42.2 Å². The van der Waals surface area contributed by atoms with Crippen LogP contribution in [0.25, 0.3) is 0 Å². The number of nitrogens with zero attached hydrogens (tertiary/aromatic N) is 3. The summed E-state index contributed by atoms with van der Waals surface area (Å²) in [6, 6.07) is 19.8. The Morgan fingerprint density at radius 2 is 1.65 bits per heavy atom. The van der Waals surface area contributed by atoms with Crippen molar-refractivity contribution in [2.45, 2.75) is 44.4 Å². The molecule has 2 amide bonds. The van der Waals surface area contributed by atoms with Gasteiger partial charge in [0.2, 0.25) is 21.8 Å². The number of hydrogen-bond donors (Lipinski definition) is 2. The van der Waals surface area contributed by atoms with Gasteiger partial charge in [-0.3, -0.25) is 14.5 Å². The normalized spacial score (nSPS) is 18.5. The highest BCUT2D eigenvalue weighted by molar-refractivity contribution is 7.88. The molecule has 0 radical (unpaired) electrons. The second-order valence-corrected chi connectivity index (χ2v) is 14.3. The van der Waals surface area contributed by atoms with Gasteiger partial charge >= 0.3 is 0 Å². The number of nitrogens with one attached hydrogen (secondary N) is 2. The monoisotopic (exact) mass is 669 g/mol. The molecule has 2 aliphatic rings. The van der Waals surface area contributed by atoms with E-state index in [-0.39, 0.29) is 24.9 Å². The zero-order chi connectivity index (χ0) is 32.8. The lowest BCUT2D eigenvalue weighted by molar-refractivity contribution is -0.138. The van der Waals surface area contributed by atoms with Crippen LogP contribution in [0.3, 0.4) is 0 Å². The summed E-state index contributed by atoms with van der Waals surface area (Å²) in [5.41, 5.74) is 3.55. The Labute approximate surface area is 275 Å². The highest BCUT2D eigenvalue weighted by atomic mass is 35.5. The molecule has 3 atom stereocenters. The Morgan fingerprint density at radius 1 is 1.00 bits per heavy atom. The van der Waals surface area contributed by atoms with Crippen molar-refractivity contribution in [1.29, 1.82) is 0 Å². The molecule has 46 heavy (non-hydrogen) atoms. The van der Waals surface area contributed by atoms with Gasteiger partial charge in [0.05, 0.1) is 18.3 Å². The van der Waals surface area contributed by atoms with Gasteiger partial charge < -0.3 is 15.5 Å². The van der Waals surface area contributed by atoms with Crippen LogP contribution in [0.2, 0.25) is 5.02 Å². The molecule has 2 heterocycles. The van der Waals surface area contributed by atoms with E-state index in [0.29, 0.717) is 56.2 Å². The van der Waals surface area contributed by atoms with Gasteiger partial charge in [0.1, 0.15) is 11.9 Å². The van der Waals surface area contributed by atoms with Crippen LogP contribution >= 0.6 is 11.6 Å². The molecule has 5 rings (SSSR count). The molecule has 0 bridgehead atoms. The average Bonchev–Trinajstić information content (AvgIpc) is 3.05. The van der Waals surface area contributed by atoms with E-state index < -0.39 is 34.0 Å². The van der Waals surface area contributed by atoms with Crippen LogP contribution in [-0.2, 0) is 39.0 Å². The molecule has 1 fully saturated rings. The SMILES string of the molecule is CCN(CC(c1ccccc1F)N1CCN(C(=O)C(Cc2ccc(Cl)cc2)NC(=O)C2Cc3ccccc3CN2)CC1)S(C)(=O)=O. The van der Waals surface area contributed by atoms with E-state index in [2.05, 4.69) is 10.6 Å². The van der Waals surface area contributed by atoms with E-state index in [1.807, 2.05) is 41.3 Å². The number of hydrogen-bond acceptors (Lipinski definition) is 6. The maximum atomic E-state index is 15.0. The minimum Gasteiger partial charge on any atom is -0.343 e. The maximum Gasteiger partial charge on any atom is 0.245 e. The van der Waals surface area contributed by atoms with Gasteiger partial charge in [0.25, 0.3) is 0 Å². The first kappa shape index (κ1) is 34.0. The number of halogens is 2. The van der Waals surface area contributed by atoms with Crippen molar-refractivity contribution >= 4 is 33.4 Å². The third-order valence-corrected chi connectivity index (χ3v) is 10.5. The molecule has 0 aromatic heterocycles. The quantitative estimate of drug-likeness (QED) is 0.325. The third kappa shape index (κ3) is 8.32. The van der Waals surface area contributed by atoms with E-state index in [9.17, 15) is 18.0 Å². The number of sulfonamides is 1. The van der Waals surface area contributed by atoms with Gasteiger partial charge in [-0.15, -0.1) is 0 Å². The van der Waals surface area contributed by atoms with E-state index in [4.69, 9.17) is 11.6 Å². The molecular weight excluding hydrogens is 629 g/mol. The second-order valence-electron chi connectivity index (χ2n) is 11.9. The van der Waals surface area contributed by atoms with Crippen molar-refractivity contribution in [3.63, 3.8) is 0 Å². The van der Waals surface area contributed by atoms with Crippen LogP contribution < -0.4 is 10.6 Å². The number of piperazine rings is 1. The molecule has 0 aliphatic carbocycles. The van der Waals surface area contributed by atoms with E-state index >= 15 is 4.39 Å². The number of likely N-dealkylation sites (N-methyl/N-ethyl adjacent to an activating group) is 1. The first-order valence-electron chi connectivity index (χ1n) is 15.6. The number of rotatable bonds is 11. The largest absolute Gasteiger partial charge is 0.343 e. The lowest BCUT2D eigenvalue weighted by atomic mass is 9.95. The molecule has 1 saturated heterocycles. The van der Waals surface area contributed by atoms with Gasteiger partial charge in [0, 0.05) is 62.8 Å². The van der Waals surface area contributed by atoms with Crippen LogP contribution in [0.15, 0.2) is 72.8 Å². The second kappa shape index (κ2) is 15.0. The van der Waals surface area contributed by atoms with Crippen LogP contribution in [-0.4, -0.2) is 91.9 Å². The van der Waals surface area contributed by atoms with Gasteiger partial charge in [-0.1, -0.05) is 73.1 Å². The Hall–Kier alpha value is -3.35. The molecule has 9 nitrogen and oxygen atoms in total. The summed E-state index contributed by atoms with van der Waals surface area (Å²) in [5.74, 6) is -0.839. The Kier molecular flexibility index (Phi) is 11.1. The van der Waals surface area contributed by atoms with Crippen molar-refractivity contribution in [2.24, 2.45) is 0 Å². The lowest BCUT2D eigenvalue weighted by Crippen LogP contribution is -2.58. The van der Waals surface area contributed by atoms with Crippen molar-refractivity contribution in [2.75, 3.05) is 45.5 Å². The first-order valence-corrected chi connectivity index (χ1v) is 17.8. The molecular formula is C34H41ClFN5O4S. The van der Waals surface area contributed by atoms with Crippen LogP contribution in [0.1, 0.15) is 35.2 Å². The molecule has 2 aliphatic heterocycles. The van der Waals surface area contributed by atoms with Crippen molar-refractivity contribution < 1.29 is 22.4 Å². The van der Waals surface area contributed by atoms with Crippen molar-refractivity contribution in [1.82, 2.24) is 24.7 Å². The molecule has 0 saturated carbocycles. The molecule has 3 aromatic rings. The van der Waals surface area contributed by atoms with Crippen LogP contribution in [0.5, 0.6) is 0 Å². The highest BCUT2D eigenvalue weighted by Gasteiger charge is 2.35. The summed E-state index contributed by atoms with van der Waals surface area (Å²) in [4.78, 5) is 31.3. The Balaban J connectivity index is 1.31. The summed E-state index contributed by atoms with van der Waals surface area (Å²) in [6.07, 6.45) is 1.98. The number of benzene rings is 3. The topological polar surface area (TPSA) is 102 Å². The standard InChI is InChI=1S/C34H41ClFN5O4S/c1-3-41(46(2,44)45)23-32(28-10-6-7-11-29(28)36)39-16-18-40(19-17-39)34(43)31(20-24-12-14-27(35)15-13-24)38-33(42)30-21-25-8-4-5-9-26(25)22-37-30/h4-15,30-32,37H,3,16-23H2,1-2H3,(H,38,42). The Morgan fingerprint density at radius 3 is 2.30 bits per heavy atom.